The molecule has 0 amide bonds. The molecule has 0 fully saturated rings. The summed E-state index contributed by atoms with van der Waals surface area (Å²) in [5.41, 5.74) is 2.74. The summed E-state index contributed by atoms with van der Waals surface area (Å²) < 4.78 is 1.19. The molecule has 1 aromatic carbocycles. The van der Waals surface area contributed by atoms with Crippen molar-refractivity contribution in [3.8, 4) is 0 Å². The molecule has 0 heterocycles. The van der Waals surface area contributed by atoms with Crippen LogP contribution in [0, 0.1) is 6.92 Å². The lowest BCUT2D eigenvalue weighted by molar-refractivity contribution is 0.494. The number of unbranched alkanes of at least 4 members (excludes halogenated alkanes) is 7. The first-order valence-electron chi connectivity index (χ1n) is 8.61. The van der Waals surface area contributed by atoms with Gasteiger partial charge in [0.1, 0.15) is 0 Å². The summed E-state index contributed by atoms with van der Waals surface area (Å²) in [5, 5.41) is 3.47. The molecular formula is C19H32BrN. The summed E-state index contributed by atoms with van der Waals surface area (Å²) >= 11 is 3.61. The van der Waals surface area contributed by atoms with Gasteiger partial charge in [-0.3, -0.25) is 0 Å². The molecule has 120 valence electrons. The standard InChI is InChI=1S/C19H32BrN/c1-4-5-6-7-8-9-10-11-12-19(21-3)17-13-16(2)14-18(20)15-17/h13-15,19,21H,4-12H2,1-3H3. The van der Waals surface area contributed by atoms with Crippen LogP contribution in [0.5, 0.6) is 0 Å². The molecule has 21 heavy (non-hydrogen) atoms. The van der Waals surface area contributed by atoms with E-state index in [2.05, 4.69) is 60.3 Å². The maximum Gasteiger partial charge on any atom is 0.0318 e. The van der Waals surface area contributed by atoms with E-state index in [9.17, 15) is 0 Å². The Bertz CT molecular complexity index is 369. The second kappa shape index (κ2) is 11.3. The Hall–Kier alpha value is -0.340. The number of halogens is 1. The molecule has 0 saturated heterocycles. The number of aryl methyl sites for hydroxylation is 1. The van der Waals surface area contributed by atoms with E-state index in [1.807, 2.05) is 0 Å². The monoisotopic (exact) mass is 353 g/mol. The van der Waals surface area contributed by atoms with Crippen LogP contribution in [0.2, 0.25) is 0 Å². The van der Waals surface area contributed by atoms with Crippen LogP contribution in [0.1, 0.15) is 81.9 Å². The van der Waals surface area contributed by atoms with E-state index in [1.54, 1.807) is 0 Å². The molecule has 0 aliphatic rings. The van der Waals surface area contributed by atoms with Crippen molar-refractivity contribution in [2.75, 3.05) is 7.05 Å². The van der Waals surface area contributed by atoms with Gasteiger partial charge in [0.25, 0.3) is 0 Å². The molecule has 1 atom stereocenters. The Labute approximate surface area is 140 Å². The zero-order chi connectivity index (χ0) is 15.5. The highest BCUT2D eigenvalue weighted by atomic mass is 79.9. The summed E-state index contributed by atoms with van der Waals surface area (Å²) in [4.78, 5) is 0. The maximum absolute atomic E-state index is 3.61. The van der Waals surface area contributed by atoms with Gasteiger partial charge in [-0.25, -0.2) is 0 Å². The second-order valence-corrected chi connectivity index (χ2v) is 7.08. The fourth-order valence-corrected chi connectivity index (χ4v) is 3.55. The Morgan fingerprint density at radius 3 is 2.14 bits per heavy atom. The number of hydrogen-bond donors (Lipinski definition) is 1. The highest BCUT2D eigenvalue weighted by molar-refractivity contribution is 9.10. The van der Waals surface area contributed by atoms with Gasteiger partial charge in [0.05, 0.1) is 0 Å². The van der Waals surface area contributed by atoms with Crippen molar-refractivity contribution in [1.29, 1.82) is 0 Å². The number of hydrogen-bond acceptors (Lipinski definition) is 1. The van der Waals surface area contributed by atoms with Crippen LogP contribution in [0.25, 0.3) is 0 Å². The first kappa shape index (κ1) is 18.7. The molecular weight excluding hydrogens is 322 g/mol. The molecule has 1 rings (SSSR count). The summed E-state index contributed by atoms with van der Waals surface area (Å²) in [7, 11) is 2.08. The predicted molar refractivity (Wildman–Crippen MR) is 97.9 cm³/mol. The minimum atomic E-state index is 0.487. The van der Waals surface area contributed by atoms with E-state index < -0.39 is 0 Å². The minimum absolute atomic E-state index is 0.487. The predicted octanol–water partition coefficient (Wildman–Crippen LogP) is 6.55. The molecule has 0 saturated carbocycles. The zero-order valence-corrected chi connectivity index (χ0v) is 15.6. The largest absolute Gasteiger partial charge is 0.313 e. The first-order chi connectivity index (χ1) is 10.2. The summed E-state index contributed by atoms with van der Waals surface area (Å²) in [6, 6.07) is 7.21. The van der Waals surface area contributed by atoms with Crippen molar-refractivity contribution in [2.24, 2.45) is 0 Å². The Kier molecular flexibility index (Phi) is 10.0. The molecule has 2 heteroatoms. The lowest BCUT2D eigenvalue weighted by Crippen LogP contribution is -2.16. The first-order valence-corrected chi connectivity index (χ1v) is 9.41. The Morgan fingerprint density at radius 1 is 0.952 bits per heavy atom. The minimum Gasteiger partial charge on any atom is -0.313 e. The zero-order valence-electron chi connectivity index (χ0n) is 14.1. The molecule has 0 aliphatic heterocycles. The topological polar surface area (TPSA) is 12.0 Å². The Morgan fingerprint density at radius 2 is 1.57 bits per heavy atom. The van der Waals surface area contributed by atoms with Crippen LogP contribution in [0.4, 0.5) is 0 Å². The average molecular weight is 354 g/mol. The molecule has 1 aromatic rings. The van der Waals surface area contributed by atoms with Gasteiger partial charge in [-0.2, -0.15) is 0 Å². The van der Waals surface area contributed by atoms with Crippen molar-refractivity contribution in [3.05, 3.63) is 33.8 Å². The second-order valence-electron chi connectivity index (χ2n) is 6.17. The van der Waals surface area contributed by atoms with Crippen molar-refractivity contribution in [3.63, 3.8) is 0 Å². The smallest absolute Gasteiger partial charge is 0.0318 e. The molecule has 0 spiro atoms. The third kappa shape index (κ3) is 8.01. The van der Waals surface area contributed by atoms with E-state index >= 15 is 0 Å². The van der Waals surface area contributed by atoms with Crippen molar-refractivity contribution in [2.45, 2.75) is 77.7 Å². The SMILES string of the molecule is CCCCCCCCCCC(NC)c1cc(C)cc(Br)c1. The van der Waals surface area contributed by atoms with Crippen molar-refractivity contribution >= 4 is 15.9 Å². The van der Waals surface area contributed by atoms with Gasteiger partial charge in [-0.1, -0.05) is 80.3 Å². The van der Waals surface area contributed by atoms with E-state index in [4.69, 9.17) is 0 Å². The molecule has 0 aromatic heterocycles. The number of rotatable bonds is 11. The molecule has 0 aliphatic carbocycles. The van der Waals surface area contributed by atoms with Crippen LogP contribution in [0.15, 0.2) is 22.7 Å². The summed E-state index contributed by atoms with van der Waals surface area (Å²) in [6.45, 7) is 4.44. The van der Waals surface area contributed by atoms with E-state index in [0.29, 0.717) is 6.04 Å². The van der Waals surface area contributed by atoms with Crippen LogP contribution >= 0.6 is 15.9 Å². The van der Waals surface area contributed by atoms with Gasteiger partial charge in [0.2, 0.25) is 0 Å². The maximum atomic E-state index is 3.61. The lowest BCUT2D eigenvalue weighted by atomic mass is 9.98. The normalized spacial score (nSPS) is 12.6. The van der Waals surface area contributed by atoms with Gasteiger partial charge in [0.15, 0.2) is 0 Å². The van der Waals surface area contributed by atoms with Crippen molar-refractivity contribution in [1.82, 2.24) is 5.32 Å². The lowest BCUT2D eigenvalue weighted by Gasteiger charge is -2.17. The van der Waals surface area contributed by atoms with Crippen LogP contribution < -0.4 is 5.32 Å². The number of benzene rings is 1. The molecule has 0 radical (unpaired) electrons. The fourth-order valence-electron chi connectivity index (χ4n) is 2.93. The van der Waals surface area contributed by atoms with Gasteiger partial charge in [-0.05, 0) is 43.7 Å². The summed E-state index contributed by atoms with van der Waals surface area (Å²) in [6.07, 6.45) is 12.3. The molecule has 1 unspecified atom stereocenters. The van der Waals surface area contributed by atoms with Crippen LogP contribution in [-0.2, 0) is 0 Å². The van der Waals surface area contributed by atoms with Crippen LogP contribution in [0.3, 0.4) is 0 Å². The summed E-state index contributed by atoms with van der Waals surface area (Å²) in [5.74, 6) is 0. The molecule has 1 N–H and O–H groups in total. The Balaban J connectivity index is 2.25. The van der Waals surface area contributed by atoms with Gasteiger partial charge in [-0.15, -0.1) is 0 Å². The number of nitrogens with one attached hydrogen (secondary N) is 1. The van der Waals surface area contributed by atoms with E-state index in [-0.39, 0.29) is 0 Å². The quantitative estimate of drug-likeness (QED) is 0.444. The highest BCUT2D eigenvalue weighted by Gasteiger charge is 2.09. The van der Waals surface area contributed by atoms with Gasteiger partial charge < -0.3 is 5.32 Å². The van der Waals surface area contributed by atoms with Crippen molar-refractivity contribution < 1.29 is 0 Å². The van der Waals surface area contributed by atoms with Gasteiger partial charge >= 0.3 is 0 Å². The molecule has 0 bridgehead atoms. The van der Waals surface area contributed by atoms with Crippen LogP contribution in [-0.4, -0.2) is 7.05 Å². The fraction of sp³-hybridized carbons (Fsp3) is 0.684. The van der Waals surface area contributed by atoms with E-state index in [1.165, 1.54) is 73.4 Å². The third-order valence-corrected chi connectivity index (χ3v) is 4.62. The molecule has 1 nitrogen and oxygen atoms in total. The average Bonchev–Trinajstić information content (AvgIpc) is 2.44. The highest BCUT2D eigenvalue weighted by Crippen LogP contribution is 2.24. The van der Waals surface area contributed by atoms with E-state index in [0.717, 1.165) is 0 Å². The van der Waals surface area contributed by atoms with Gasteiger partial charge in [0, 0.05) is 10.5 Å². The third-order valence-electron chi connectivity index (χ3n) is 4.16.